The molecule has 3 rings (SSSR count). The Morgan fingerprint density at radius 1 is 1.06 bits per heavy atom. The van der Waals surface area contributed by atoms with E-state index in [-0.39, 0.29) is 10.6 Å². The summed E-state index contributed by atoms with van der Waals surface area (Å²) in [6.07, 6.45) is 1.41. The predicted molar refractivity (Wildman–Crippen MR) is 133 cm³/mol. The molecular formula is C23H20BrClN2O6S. The van der Waals surface area contributed by atoms with E-state index in [4.69, 9.17) is 25.3 Å². The zero-order chi connectivity index (χ0) is 24.7. The molecule has 178 valence electrons. The van der Waals surface area contributed by atoms with Crippen LogP contribution in [0, 0.1) is 0 Å². The largest absolute Gasteiger partial charge is 0.493 e. The lowest BCUT2D eigenvalue weighted by Gasteiger charge is -2.10. The number of nitrogens with one attached hydrogen (secondary N) is 1. The predicted octanol–water partition coefficient (Wildman–Crippen LogP) is 5.04. The van der Waals surface area contributed by atoms with Crippen molar-refractivity contribution in [2.75, 3.05) is 13.7 Å². The van der Waals surface area contributed by atoms with Crippen LogP contribution in [0.2, 0.25) is 5.02 Å². The molecule has 0 spiro atoms. The van der Waals surface area contributed by atoms with Gasteiger partial charge < -0.3 is 13.7 Å². The number of hydrogen-bond acceptors (Lipinski definition) is 7. The summed E-state index contributed by atoms with van der Waals surface area (Å²) in [5.74, 6) is 0.630. The number of nitrogens with zero attached hydrogens (tertiary/aromatic N) is 1. The van der Waals surface area contributed by atoms with Crippen LogP contribution < -0.4 is 19.1 Å². The van der Waals surface area contributed by atoms with Crippen molar-refractivity contribution in [1.82, 2.24) is 5.43 Å². The van der Waals surface area contributed by atoms with E-state index in [1.807, 2.05) is 6.92 Å². The number of benzene rings is 3. The number of ether oxygens (including phenoxy) is 2. The lowest BCUT2D eigenvalue weighted by atomic mass is 10.2. The Kier molecular flexibility index (Phi) is 8.54. The van der Waals surface area contributed by atoms with Crippen molar-refractivity contribution < 1.29 is 26.9 Å². The number of carbonyl (C=O) groups excluding carboxylic acids is 1. The van der Waals surface area contributed by atoms with Crippen LogP contribution in [-0.4, -0.2) is 34.3 Å². The van der Waals surface area contributed by atoms with Gasteiger partial charge in [0.2, 0.25) is 0 Å². The number of amides is 1. The lowest BCUT2D eigenvalue weighted by molar-refractivity contribution is 0.0954. The van der Waals surface area contributed by atoms with Gasteiger partial charge in [0.1, 0.15) is 4.90 Å². The number of hydrogen-bond donors (Lipinski definition) is 1. The highest BCUT2D eigenvalue weighted by atomic mass is 79.9. The third-order valence-corrected chi connectivity index (χ3v) is 6.48. The summed E-state index contributed by atoms with van der Waals surface area (Å²) < 4.78 is 41.2. The van der Waals surface area contributed by atoms with Crippen LogP contribution in [-0.2, 0) is 10.1 Å². The Balaban J connectivity index is 1.66. The summed E-state index contributed by atoms with van der Waals surface area (Å²) in [6.45, 7) is 2.32. The summed E-state index contributed by atoms with van der Waals surface area (Å²) in [7, 11) is -2.55. The van der Waals surface area contributed by atoms with Crippen LogP contribution in [0.1, 0.15) is 22.8 Å². The molecule has 0 aliphatic heterocycles. The molecule has 11 heteroatoms. The third kappa shape index (κ3) is 6.49. The smallest absolute Gasteiger partial charge is 0.339 e. The van der Waals surface area contributed by atoms with Gasteiger partial charge in [0.15, 0.2) is 17.2 Å². The molecule has 3 aromatic rings. The maximum atomic E-state index is 12.5. The minimum absolute atomic E-state index is 0.0249. The standard InChI is InChI=1S/C23H20BrClN2O6S/c1-3-32-21-11-5-16(13-22(21)31-2)23(28)27-26-14-15-4-10-20(19(24)12-15)33-34(29,30)18-8-6-17(25)7-9-18/h4-14H,3H2,1-2H3,(H,27,28)/b26-14+. The fraction of sp³-hybridized carbons (Fsp3) is 0.130. The molecule has 0 saturated carbocycles. The normalized spacial score (nSPS) is 11.3. The number of rotatable bonds is 9. The molecule has 0 heterocycles. The van der Waals surface area contributed by atoms with E-state index in [0.717, 1.165) is 0 Å². The Labute approximate surface area is 210 Å². The topological polar surface area (TPSA) is 103 Å². The lowest BCUT2D eigenvalue weighted by Crippen LogP contribution is -2.17. The summed E-state index contributed by atoms with van der Waals surface area (Å²) in [4.78, 5) is 12.4. The van der Waals surface area contributed by atoms with Crippen molar-refractivity contribution >= 4 is 49.8 Å². The molecule has 0 bridgehead atoms. The molecule has 0 unspecified atom stereocenters. The molecule has 0 aliphatic carbocycles. The van der Waals surface area contributed by atoms with Gasteiger partial charge in [-0.3, -0.25) is 4.79 Å². The molecule has 8 nitrogen and oxygen atoms in total. The van der Waals surface area contributed by atoms with Gasteiger partial charge in [-0.25, -0.2) is 5.43 Å². The highest BCUT2D eigenvalue weighted by Gasteiger charge is 2.18. The molecule has 0 saturated heterocycles. The summed E-state index contributed by atoms with van der Waals surface area (Å²) in [5, 5.41) is 4.36. The SMILES string of the molecule is CCOc1ccc(C(=O)N/N=C/c2ccc(OS(=O)(=O)c3ccc(Cl)cc3)c(Br)c2)cc1OC. The van der Waals surface area contributed by atoms with Gasteiger partial charge in [-0.2, -0.15) is 13.5 Å². The van der Waals surface area contributed by atoms with Crippen molar-refractivity contribution in [3.63, 3.8) is 0 Å². The number of halogens is 2. The fourth-order valence-corrected chi connectivity index (χ4v) is 4.40. The average molecular weight is 568 g/mol. The van der Waals surface area contributed by atoms with E-state index in [0.29, 0.717) is 38.7 Å². The van der Waals surface area contributed by atoms with E-state index in [9.17, 15) is 13.2 Å². The van der Waals surface area contributed by atoms with Gasteiger partial charge in [-0.1, -0.05) is 11.6 Å². The molecule has 0 aliphatic rings. The van der Waals surface area contributed by atoms with Crippen LogP contribution >= 0.6 is 27.5 Å². The van der Waals surface area contributed by atoms with Crippen molar-refractivity contribution in [2.45, 2.75) is 11.8 Å². The van der Waals surface area contributed by atoms with E-state index in [1.165, 1.54) is 43.7 Å². The number of carbonyl (C=O) groups is 1. The van der Waals surface area contributed by atoms with Gasteiger partial charge in [-0.15, -0.1) is 0 Å². The Hall–Kier alpha value is -3.08. The highest BCUT2D eigenvalue weighted by Crippen LogP contribution is 2.29. The first-order valence-corrected chi connectivity index (χ1v) is 12.4. The molecule has 0 aromatic heterocycles. The molecular weight excluding hydrogens is 548 g/mol. The van der Waals surface area contributed by atoms with Gasteiger partial charge >= 0.3 is 10.1 Å². The maximum Gasteiger partial charge on any atom is 0.339 e. The minimum Gasteiger partial charge on any atom is -0.493 e. The van der Waals surface area contributed by atoms with Crippen molar-refractivity contribution in [3.05, 3.63) is 81.3 Å². The van der Waals surface area contributed by atoms with Gasteiger partial charge in [0.05, 0.1) is 24.4 Å². The molecule has 0 fully saturated rings. The van der Waals surface area contributed by atoms with Crippen LogP contribution in [0.25, 0.3) is 0 Å². The fourth-order valence-electron chi connectivity index (χ4n) is 2.75. The maximum absolute atomic E-state index is 12.5. The Bertz CT molecular complexity index is 1310. The van der Waals surface area contributed by atoms with E-state index in [2.05, 4.69) is 26.5 Å². The van der Waals surface area contributed by atoms with Crippen molar-refractivity contribution in [3.8, 4) is 17.2 Å². The van der Waals surface area contributed by atoms with Gasteiger partial charge in [0, 0.05) is 10.6 Å². The third-order valence-electron chi connectivity index (χ3n) is 4.36. The van der Waals surface area contributed by atoms with Crippen LogP contribution in [0.15, 0.2) is 75.1 Å². The van der Waals surface area contributed by atoms with Gasteiger partial charge in [-0.05, 0) is 89.1 Å². The molecule has 1 N–H and O–H groups in total. The van der Waals surface area contributed by atoms with E-state index < -0.39 is 16.0 Å². The first-order valence-electron chi connectivity index (χ1n) is 9.87. The molecule has 1 amide bonds. The molecule has 0 atom stereocenters. The van der Waals surface area contributed by atoms with Gasteiger partial charge in [0.25, 0.3) is 5.91 Å². The quantitative estimate of drug-likeness (QED) is 0.221. The zero-order valence-electron chi connectivity index (χ0n) is 18.1. The molecule has 3 aromatic carbocycles. The molecule has 0 radical (unpaired) electrons. The Morgan fingerprint density at radius 2 is 1.76 bits per heavy atom. The summed E-state index contributed by atoms with van der Waals surface area (Å²) >= 11 is 9.09. The number of hydrazone groups is 1. The number of methoxy groups -OCH3 is 1. The molecule has 34 heavy (non-hydrogen) atoms. The zero-order valence-corrected chi connectivity index (χ0v) is 21.3. The summed E-state index contributed by atoms with van der Waals surface area (Å²) in [5.41, 5.74) is 3.36. The van der Waals surface area contributed by atoms with Crippen molar-refractivity contribution in [1.29, 1.82) is 0 Å². The van der Waals surface area contributed by atoms with Crippen molar-refractivity contribution in [2.24, 2.45) is 5.10 Å². The van der Waals surface area contributed by atoms with Crippen LogP contribution in [0.3, 0.4) is 0 Å². The average Bonchev–Trinajstić information content (AvgIpc) is 2.81. The first kappa shape index (κ1) is 25.5. The monoisotopic (exact) mass is 566 g/mol. The van der Waals surface area contributed by atoms with Crippen LogP contribution in [0.4, 0.5) is 0 Å². The summed E-state index contributed by atoms with van der Waals surface area (Å²) in [6, 6.07) is 15.1. The van der Waals surface area contributed by atoms with E-state index in [1.54, 1.807) is 30.3 Å². The second-order valence-corrected chi connectivity index (χ2v) is 9.52. The highest BCUT2D eigenvalue weighted by molar-refractivity contribution is 9.10. The minimum atomic E-state index is -4.04. The van der Waals surface area contributed by atoms with Crippen LogP contribution in [0.5, 0.6) is 17.2 Å². The van der Waals surface area contributed by atoms with E-state index >= 15 is 0 Å². The second kappa shape index (κ2) is 11.4. The first-order chi connectivity index (χ1) is 16.2. The Morgan fingerprint density at radius 3 is 2.41 bits per heavy atom. The second-order valence-electron chi connectivity index (χ2n) is 6.68.